The lowest BCUT2D eigenvalue weighted by molar-refractivity contribution is 1.55. The van der Waals surface area contributed by atoms with Crippen LogP contribution in [0.15, 0.2) is 36.4 Å². The number of nitrogens with one attached hydrogen (secondary N) is 1. The van der Waals surface area contributed by atoms with Gasteiger partial charge in [-0.25, -0.2) is 0 Å². The second-order valence-corrected chi connectivity index (χ2v) is 5.04. The Morgan fingerprint density at radius 1 is 0.765 bits per heavy atom. The molecule has 0 aliphatic rings. The summed E-state index contributed by atoms with van der Waals surface area (Å²) in [6.07, 6.45) is 0. The van der Waals surface area contributed by atoms with Gasteiger partial charge >= 0.3 is 0 Å². The number of halogens is 4. The van der Waals surface area contributed by atoms with Crippen molar-refractivity contribution in [3.8, 4) is 0 Å². The second-order valence-electron chi connectivity index (χ2n) is 3.38. The van der Waals surface area contributed by atoms with Crippen molar-refractivity contribution >= 4 is 57.8 Å². The van der Waals surface area contributed by atoms with Crippen molar-refractivity contribution in [2.75, 3.05) is 5.32 Å². The highest BCUT2D eigenvalue weighted by atomic mass is 35.5. The van der Waals surface area contributed by atoms with Gasteiger partial charge < -0.3 is 5.32 Å². The van der Waals surface area contributed by atoms with Crippen LogP contribution in [0.4, 0.5) is 11.4 Å². The number of benzene rings is 2. The van der Waals surface area contributed by atoms with Gasteiger partial charge in [-0.1, -0.05) is 46.4 Å². The maximum atomic E-state index is 6.07. The molecular formula is C12H7Cl4N. The molecule has 0 unspecified atom stereocenters. The third-order valence-electron chi connectivity index (χ3n) is 2.12. The van der Waals surface area contributed by atoms with Gasteiger partial charge in [-0.2, -0.15) is 0 Å². The molecule has 88 valence electrons. The molecule has 0 radical (unpaired) electrons. The fourth-order valence-electron chi connectivity index (χ4n) is 1.34. The number of rotatable bonds is 2. The van der Waals surface area contributed by atoms with Gasteiger partial charge in [0.15, 0.2) is 0 Å². The molecule has 2 aromatic carbocycles. The molecule has 1 N–H and O–H groups in total. The Labute approximate surface area is 119 Å². The van der Waals surface area contributed by atoms with Crippen LogP contribution in [-0.2, 0) is 0 Å². The van der Waals surface area contributed by atoms with Crippen LogP contribution in [0, 0.1) is 0 Å². The Morgan fingerprint density at radius 3 is 2.06 bits per heavy atom. The summed E-state index contributed by atoms with van der Waals surface area (Å²) in [6, 6.07) is 10.6. The predicted octanol–water partition coefficient (Wildman–Crippen LogP) is 6.04. The maximum absolute atomic E-state index is 6.07. The predicted molar refractivity (Wildman–Crippen MR) is 76.2 cm³/mol. The van der Waals surface area contributed by atoms with Gasteiger partial charge in [-0.15, -0.1) is 0 Å². The molecule has 2 rings (SSSR count). The third-order valence-corrected chi connectivity index (χ3v) is 3.39. The number of hydrogen-bond donors (Lipinski definition) is 1. The molecule has 1 nitrogen and oxygen atoms in total. The summed E-state index contributed by atoms with van der Waals surface area (Å²) in [4.78, 5) is 0. The van der Waals surface area contributed by atoms with Crippen LogP contribution in [-0.4, -0.2) is 0 Å². The molecule has 0 heterocycles. The lowest BCUT2D eigenvalue weighted by Gasteiger charge is -2.10. The molecule has 0 aromatic heterocycles. The van der Waals surface area contributed by atoms with Gasteiger partial charge in [0.05, 0.1) is 15.7 Å². The van der Waals surface area contributed by atoms with Gasteiger partial charge in [0.2, 0.25) is 0 Å². The zero-order valence-electron chi connectivity index (χ0n) is 8.48. The summed E-state index contributed by atoms with van der Waals surface area (Å²) in [7, 11) is 0. The first-order valence-corrected chi connectivity index (χ1v) is 6.24. The van der Waals surface area contributed by atoms with E-state index in [1.807, 2.05) is 12.1 Å². The Bertz CT molecular complexity index is 537. The Hall–Kier alpha value is -0.600. The molecule has 0 fully saturated rings. The van der Waals surface area contributed by atoms with Gasteiger partial charge in [-0.05, 0) is 36.4 Å². The normalized spacial score (nSPS) is 10.4. The summed E-state index contributed by atoms with van der Waals surface area (Å²) in [5.74, 6) is 0. The minimum absolute atomic E-state index is 0.413. The van der Waals surface area contributed by atoms with Crippen LogP contribution in [0.3, 0.4) is 0 Å². The van der Waals surface area contributed by atoms with Gasteiger partial charge in [-0.3, -0.25) is 0 Å². The van der Waals surface area contributed by atoms with Crippen LogP contribution < -0.4 is 5.32 Å². The van der Waals surface area contributed by atoms with Crippen molar-refractivity contribution < 1.29 is 0 Å². The average molecular weight is 307 g/mol. The molecule has 0 spiro atoms. The number of hydrogen-bond acceptors (Lipinski definition) is 1. The van der Waals surface area contributed by atoms with Crippen LogP contribution in [0.25, 0.3) is 0 Å². The molecule has 0 aliphatic heterocycles. The van der Waals surface area contributed by atoms with Gasteiger partial charge in [0.25, 0.3) is 0 Å². The van der Waals surface area contributed by atoms with Crippen LogP contribution in [0.5, 0.6) is 0 Å². The first-order chi connectivity index (χ1) is 8.06. The quantitative estimate of drug-likeness (QED) is 0.666. The lowest BCUT2D eigenvalue weighted by Crippen LogP contribution is -1.91. The lowest BCUT2D eigenvalue weighted by atomic mass is 10.2. The summed E-state index contributed by atoms with van der Waals surface area (Å²) in [6.45, 7) is 0. The third kappa shape index (κ3) is 3.20. The monoisotopic (exact) mass is 305 g/mol. The molecule has 5 heteroatoms. The zero-order chi connectivity index (χ0) is 12.4. The van der Waals surface area contributed by atoms with Crippen LogP contribution in [0.2, 0.25) is 20.1 Å². The molecule has 2 aromatic rings. The van der Waals surface area contributed by atoms with Crippen molar-refractivity contribution in [2.45, 2.75) is 0 Å². The van der Waals surface area contributed by atoms with E-state index in [9.17, 15) is 0 Å². The topological polar surface area (TPSA) is 12.0 Å². The first-order valence-electron chi connectivity index (χ1n) is 4.73. The van der Waals surface area contributed by atoms with E-state index in [0.29, 0.717) is 25.8 Å². The summed E-state index contributed by atoms with van der Waals surface area (Å²) < 4.78 is 0. The first kappa shape index (κ1) is 12.8. The SMILES string of the molecule is Clc1ccc(Nc2cc(Cl)cc(Cl)c2Cl)cc1. The van der Waals surface area contributed by atoms with Crippen molar-refractivity contribution in [1.29, 1.82) is 0 Å². The maximum Gasteiger partial charge on any atom is 0.0828 e. The number of anilines is 2. The molecule has 0 bridgehead atoms. The van der Waals surface area contributed by atoms with Crippen LogP contribution in [0.1, 0.15) is 0 Å². The molecular weight excluding hydrogens is 300 g/mol. The summed E-state index contributed by atoms with van der Waals surface area (Å²) in [5, 5.41) is 5.17. The smallest absolute Gasteiger partial charge is 0.0828 e. The highest BCUT2D eigenvalue weighted by molar-refractivity contribution is 6.45. The van der Waals surface area contributed by atoms with E-state index < -0.39 is 0 Å². The Morgan fingerprint density at radius 2 is 1.41 bits per heavy atom. The van der Waals surface area contributed by atoms with Crippen molar-refractivity contribution in [3.63, 3.8) is 0 Å². The van der Waals surface area contributed by atoms with Gasteiger partial charge in [0.1, 0.15) is 0 Å². The Kier molecular flexibility index (Phi) is 4.05. The van der Waals surface area contributed by atoms with Crippen molar-refractivity contribution in [3.05, 3.63) is 56.5 Å². The van der Waals surface area contributed by atoms with E-state index in [4.69, 9.17) is 46.4 Å². The molecule has 0 aliphatic carbocycles. The van der Waals surface area contributed by atoms with Crippen molar-refractivity contribution in [2.24, 2.45) is 0 Å². The summed E-state index contributed by atoms with van der Waals surface area (Å²) >= 11 is 23.7. The van der Waals surface area contributed by atoms with E-state index in [0.717, 1.165) is 5.69 Å². The average Bonchev–Trinajstić information content (AvgIpc) is 2.28. The molecule has 0 atom stereocenters. The van der Waals surface area contributed by atoms with Crippen molar-refractivity contribution in [1.82, 2.24) is 0 Å². The standard InChI is InChI=1S/C12H7Cl4N/c13-7-1-3-9(4-2-7)17-11-6-8(14)5-10(15)12(11)16/h1-6,17H. The van der Waals surface area contributed by atoms with E-state index in [-0.39, 0.29) is 0 Å². The fourth-order valence-corrected chi connectivity index (χ4v) is 2.11. The van der Waals surface area contributed by atoms with Gasteiger partial charge in [0, 0.05) is 15.7 Å². The van der Waals surface area contributed by atoms with E-state index in [1.54, 1.807) is 24.3 Å². The van der Waals surface area contributed by atoms with E-state index in [2.05, 4.69) is 5.32 Å². The molecule has 17 heavy (non-hydrogen) atoms. The van der Waals surface area contributed by atoms with E-state index in [1.165, 1.54) is 0 Å². The highest BCUT2D eigenvalue weighted by Gasteiger charge is 2.07. The minimum Gasteiger partial charge on any atom is -0.354 e. The largest absolute Gasteiger partial charge is 0.354 e. The molecule has 0 saturated heterocycles. The minimum atomic E-state index is 0.413. The Balaban J connectivity index is 2.32. The molecule has 0 amide bonds. The zero-order valence-corrected chi connectivity index (χ0v) is 11.5. The van der Waals surface area contributed by atoms with E-state index >= 15 is 0 Å². The summed E-state index contributed by atoms with van der Waals surface area (Å²) in [5.41, 5.74) is 1.51. The highest BCUT2D eigenvalue weighted by Crippen LogP contribution is 2.35. The van der Waals surface area contributed by atoms with Crippen LogP contribution >= 0.6 is 46.4 Å². The fraction of sp³-hybridized carbons (Fsp3) is 0. The molecule has 0 saturated carbocycles. The second kappa shape index (κ2) is 5.36.